The third-order valence-electron chi connectivity index (χ3n) is 1.74. The number of hydrogen-bond acceptors (Lipinski definition) is 2. The van der Waals surface area contributed by atoms with Crippen molar-refractivity contribution in [3.05, 3.63) is 35.9 Å². The van der Waals surface area contributed by atoms with Crippen molar-refractivity contribution in [2.75, 3.05) is 0 Å². The molecule has 0 saturated carbocycles. The van der Waals surface area contributed by atoms with Gasteiger partial charge in [-0.2, -0.15) is 0 Å². The molecule has 0 spiro atoms. The van der Waals surface area contributed by atoms with Crippen LogP contribution < -0.4 is 0 Å². The van der Waals surface area contributed by atoms with Gasteiger partial charge in [0, 0.05) is 6.07 Å². The second-order valence-corrected chi connectivity index (χ2v) is 2.45. The van der Waals surface area contributed by atoms with Crippen molar-refractivity contribution in [3.63, 3.8) is 0 Å². The van der Waals surface area contributed by atoms with Crippen molar-refractivity contribution >= 4 is 23.8 Å². The molecular weight excluding hydrogens is 150 g/mol. The lowest BCUT2D eigenvalue weighted by Crippen LogP contribution is -1.91. The molecule has 1 aliphatic rings. The Kier molecular flexibility index (Phi) is 1.54. The average molecular weight is 156 g/mol. The predicted octanol–water partition coefficient (Wildman–Crippen LogP) is 1.79. The highest BCUT2D eigenvalue weighted by Gasteiger charge is 2.18. The first kappa shape index (κ1) is 6.89. The molecule has 1 aromatic carbocycles. The summed E-state index contributed by atoms with van der Waals surface area (Å²) < 4.78 is 0. The Morgan fingerprint density at radius 2 is 2.17 bits per heavy atom. The lowest BCUT2D eigenvalue weighted by Gasteiger charge is -1.97. The van der Waals surface area contributed by atoms with Gasteiger partial charge in [0.05, 0.1) is 6.08 Å². The molecule has 12 heavy (non-hydrogen) atoms. The first-order valence-electron chi connectivity index (χ1n) is 3.62. The maximum atomic E-state index is 10.6. The number of aliphatic imine (C=N–C) groups is 1. The van der Waals surface area contributed by atoms with E-state index in [1.807, 2.05) is 24.3 Å². The first-order valence-corrected chi connectivity index (χ1v) is 3.62. The molecule has 2 rings (SSSR count). The van der Waals surface area contributed by atoms with E-state index in [1.165, 1.54) is 6.21 Å². The van der Waals surface area contributed by atoms with Gasteiger partial charge in [-0.3, -0.25) is 0 Å². The van der Waals surface area contributed by atoms with Crippen LogP contribution in [-0.4, -0.2) is 12.5 Å². The van der Waals surface area contributed by atoms with E-state index in [4.69, 9.17) is 0 Å². The summed E-state index contributed by atoms with van der Waals surface area (Å²) in [6.07, 6.45) is 5.10. The number of carbonyl (C=O) groups excluding carboxylic acids is 1. The van der Waals surface area contributed by atoms with Gasteiger partial charge in [0.15, 0.2) is 0 Å². The van der Waals surface area contributed by atoms with Crippen molar-refractivity contribution in [1.82, 2.24) is 0 Å². The minimum absolute atomic E-state index is 0.570. The number of hydrogen-bond donors (Lipinski definition) is 0. The number of para-hydroxylation sites is 1. The summed E-state index contributed by atoms with van der Waals surface area (Å²) in [6.45, 7) is 0. The average Bonchev–Trinajstić information content (AvgIpc) is 2.17. The van der Waals surface area contributed by atoms with E-state index in [-0.39, 0.29) is 0 Å². The predicted molar refractivity (Wildman–Crippen MR) is 47.3 cm³/mol. The smallest absolute Gasteiger partial charge is 0.218 e. The summed E-state index contributed by atoms with van der Waals surface area (Å²) in [7, 11) is 0. The van der Waals surface area contributed by atoms with Crippen molar-refractivity contribution in [1.29, 1.82) is 0 Å². The molecule has 0 aromatic heterocycles. The van der Waals surface area contributed by atoms with Crippen molar-refractivity contribution in [2.45, 2.75) is 0 Å². The van der Waals surface area contributed by atoms with Gasteiger partial charge in [-0.1, -0.05) is 6.07 Å². The van der Waals surface area contributed by atoms with E-state index < -0.39 is 0 Å². The highest BCUT2D eigenvalue weighted by molar-refractivity contribution is 6.13. The lowest BCUT2D eigenvalue weighted by atomic mass is 10.0. The molecule has 2 nitrogen and oxygen atoms in total. The van der Waals surface area contributed by atoms with Crippen LogP contribution in [0.5, 0.6) is 0 Å². The van der Waals surface area contributed by atoms with Gasteiger partial charge in [0.25, 0.3) is 6.29 Å². The van der Waals surface area contributed by atoms with Gasteiger partial charge in [-0.25, -0.2) is 9.79 Å². The molecule has 2 heteroatoms. The van der Waals surface area contributed by atoms with E-state index >= 15 is 0 Å². The number of carbonyl (C=O) groups is 1. The van der Waals surface area contributed by atoms with E-state index in [0.717, 1.165) is 17.5 Å². The summed E-state index contributed by atoms with van der Waals surface area (Å²) in [4.78, 5) is 14.6. The monoisotopic (exact) mass is 156 g/mol. The summed E-state index contributed by atoms with van der Waals surface area (Å²) in [5.41, 5.74) is 2.26. The molecule has 0 fully saturated rings. The molecule has 0 amide bonds. The topological polar surface area (TPSA) is 29.4 Å². The van der Waals surface area contributed by atoms with Gasteiger partial charge < -0.3 is 0 Å². The Bertz CT molecular complexity index is 377. The van der Waals surface area contributed by atoms with Crippen LogP contribution in [0, 0.1) is 6.08 Å². The van der Waals surface area contributed by atoms with Crippen molar-refractivity contribution in [2.24, 2.45) is 4.99 Å². The largest absolute Gasteiger partial charge is 0.266 e. The minimum Gasteiger partial charge on any atom is -0.218 e. The molecule has 1 aliphatic heterocycles. The molecule has 0 unspecified atom stereocenters. The normalized spacial score (nSPS) is 12.8. The molecule has 0 N–H and O–H groups in total. The minimum atomic E-state index is 0.570. The quantitative estimate of drug-likeness (QED) is 0.450. The van der Waals surface area contributed by atoms with Gasteiger partial charge in [0.2, 0.25) is 5.57 Å². The molecule has 0 atom stereocenters. The van der Waals surface area contributed by atoms with Crippen LogP contribution in [0.1, 0.15) is 5.56 Å². The van der Waals surface area contributed by atoms with Crippen LogP contribution in [0.15, 0.2) is 29.3 Å². The van der Waals surface area contributed by atoms with Crippen LogP contribution in [0.4, 0.5) is 5.69 Å². The number of aldehydes is 1. The number of allylic oxidation sites excluding steroid dienone is 2. The number of nitrogens with zero attached hydrogens (tertiary/aromatic N) is 1. The maximum Gasteiger partial charge on any atom is 0.266 e. The Morgan fingerprint density at radius 1 is 1.33 bits per heavy atom. The summed E-state index contributed by atoms with van der Waals surface area (Å²) in [5, 5.41) is 0. The van der Waals surface area contributed by atoms with Crippen LogP contribution in [0.2, 0.25) is 0 Å². The summed E-state index contributed by atoms with van der Waals surface area (Å²) in [6, 6.07) is 7.51. The summed E-state index contributed by atoms with van der Waals surface area (Å²) in [5.74, 6) is 0. The van der Waals surface area contributed by atoms with E-state index in [0.29, 0.717) is 5.57 Å². The Labute approximate surface area is 70.3 Å². The third-order valence-corrected chi connectivity index (χ3v) is 1.74. The molecule has 56 valence electrons. The van der Waals surface area contributed by atoms with E-state index in [9.17, 15) is 4.79 Å². The zero-order valence-corrected chi connectivity index (χ0v) is 6.32. The first-order chi connectivity index (χ1) is 5.92. The standard InChI is InChI=1S/C10H6NO/c12-7-8-5-6-11-10-4-2-1-3-9(8)10/h1-4,6-7H/q+1. The Hall–Kier alpha value is -1.79. The highest BCUT2D eigenvalue weighted by Crippen LogP contribution is 2.26. The van der Waals surface area contributed by atoms with Gasteiger partial charge in [-0.05, 0) is 12.1 Å². The van der Waals surface area contributed by atoms with Crippen molar-refractivity contribution in [3.8, 4) is 0 Å². The third kappa shape index (κ3) is 0.949. The molecular formula is C10H6NO+. The molecule has 1 aromatic rings. The zero-order valence-electron chi connectivity index (χ0n) is 6.32. The van der Waals surface area contributed by atoms with Crippen LogP contribution in [-0.2, 0) is 4.79 Å². The second kappa shape index (κ2) is 2.68. The molecule has 0 bridgehead atoms. The fraction of sp³-hybridized carbons (Fsp3) is 0. The van der Waals surface area contributed by atoms with E-state index in [2.05, 4.69) is 11.1 Å². The van der Waals surface area contributed by atoms with Gasteiger partial charge in [0.1, 0.15) is 17.5 Å². The number of fused-ring (bicyclic) bond motifs is 1. The SMILES string of the molecule is O=CC1=[C+]C=Nc2ccccc21. The molecule has 0 saturated heterocycles. The lowest BCUT2D eigenvalue weighted by molar-refractivity contribution is -0.103. The fourth-order valence-corrected chi connectivity index (χ4v) is 1.16. The molecule has 1 heterocycles. The van der Waals surface area contributed by atoms with Gasteiger partial charge in [-0.15, -0.1) is 0 Å². The van der Waals surface area contributed by atoms with Crippen LogP contribution >= 0.6 is 0 Å². The van der Waals surface area contributed by atoms with Crippen molar-refractivity contribution < 1.29 is 4.79 Å². The second-order valence-electron chi connectivity index (χ2n) is 2.45. The Morgan fingerprint density at radius 3 is 3.00 bits per heavy atom. The zero-order chi connectivity index (χ0) is 8.39. The number of benzene rings is 1. The highest BCUT2D eigenvalue weighted by atomic mass is 16.1. The van der Waals surface area contributed by atoms with Gasteiger partial charge >= 0.3 is 0 Å². The fourth-order valence-electron chi connectivity index (χ4n) is 1.16. The number of rotatable bonds is 1. The van der Waals surface area contributed by atoms with E-state index in [1.54, 1.807) is 0 Å². The Balaban J connectivity index is 2.64. The van der Waals surface area contributed by atoms with Crippen LogP contribution in [0.25, 0.3) is 5.57 Å². The van der Waals surface area contributed by atoms with Crippen LogP contribution in [0.3, 0.4) is 0 Å². The molecule has 0 radical (unpaired) electrons. The molecule has 0 aliphatic carbocycles. The summed E-state index contributed by atoms with van der Waals surface area (Å²) >= 11 is 0. The maximum absolute atomic E-state index is 10.6.